The Bertz CT molecular complexity index is 722. The molecule has 2 aromatic carbocycles. The summed E-state index contributed by atoms with van der Waals surface area (Å²) in [6, 6.07) is 14.7. The van der Waals surface area contributed by atoms with Crippen molar-refractivity contribution in [3.8, 4) is 0 Å². The molecule has 0 fully saturated rings. The summed E-state index contributed by atoms with van der Waals surface area (Å²) < 4.78 is 0. The van der Waals surface area contributed by atoms with Crippen molar-refractivity contribution in [3.63, 3.8) is 0 Å². The topological polar surface area (TPSA) is 101 Å². The van der Waals surface area contributed by atoms with E-state index in [9.17, 15) is 9.59 Å². The SMILES string of the molecule is CC(=O)Nc1ccc(Cl)cc1[C@H]([NH2+]CC(=O)NN)c1ccccc1. The molecule has 0 aromatic heterocycles. The van der Waals surface area contributed by atoms with E-state index in [1.54, 1.807) is 18.2 Å². The first-order chi connectivity index (χ1) is 11.5. The van der Waals surface area contributed by atoms with Gasteiger partial charge in [0.15, 0.2) is 6.54 Å². The van der Waals surface area contributed by atoms with Crippen LogP contribution in [0.3, 0.4) is 0 Å². The summed E-state index contributed by atoms with van der Waals surface area (Å²) in [5, 5.41) is 5.20. The average molecular weight is 348 g/mol. The fourth-order valence-electron chi connectivity index (χ4n) is 2.48. The molecular weight excluding hydrogens is 328 g/mol. The number of anilines is 1. The van der Waals surface area contributed by atoms with Crippen LogP contribution in [-0.2, 0) is 9.59 Å². The second kappa shape index (κ2) is 8.44. The Hall–Kier alpha value is -2.41. The summed E-state index contributed by atoms with van der Waals surface area (Å²) in [5.74, 6) is 4.69. The summed E-state index contributed by atoms with van der Waals surface area (Å²) in [4.78, 5) is 23.0. The van der Waals surface area contributed by atoms with Crippen LogP contribution in [0.2, 0.25) is 5.02 Å². The number of hydrazine groups is 1. The number of hydrogen-bond acceptors (Lipinski definition) is 3. The highest BCUT2D eigenvalue weighted by Gasteiger charge is 2.22. The van der Waals surface area contributed by atoms with E-state index < -0.39 is 0 Å². The molecule has 0 aliphatic heterocycles. The smallest absolute Gasteiger partial charge is 0.288 e. The van der Waals surface area contributed by atoms with Gasteiger partial charge in [0.05, 0.1) is 5.69 Å². The third kappa shape index (κ3) is 4.79. The van der Waals surface area contributed by atoms with E-state index in [0.29, 0.717) is 10.7 Å². The number of nitrogens with one attached hydrogen (secondary N) is 2. The highest BCUT2D eigenvalue weighted by Crippen LogP contribution is 2.28. The van der Waals surface area contributed by atoms with Gasteiger partial charge >= 0.3 is 0 Å². The van der Waals surface area contributed by atoms with E-state index in [1.165, 1.54) is 6.92 Å². The van der Waals surface area contributed by atoms with Crippen LogP contribution in [0.4, 0.5) is 5.69 Å². The largest absolute Gasteiger partial charge is 0.328 e. The summed E-state index contributed by atoms with van der Waals surface area (Å²) in [7, 11) is 0. The highest BCUT2D eigenvalue weighted by atomic mass is 35.5. The van der Waals surface area contributed by atoms with Crippen LogP contribution in [0.15, 0.2) is 48.5 Å². The van der Waals surface area contributed by atoms with E-state index in [2.05, 4.69) is 10.7 Å². The molecule has 2 aromatic rings. The molecule has 6 N–H and O–H groups in total. The van der Waals surface area contributed by atoms with Crippen molar-refractivity contribution in [2.24, 2.45) is 5.84 Å². The Labute approximate surface area is 145 Å². The van der Waals surface area contributed by atoms with Gasteiger partial charge in [-0.3, -0.25) is 15.0 Å². The number of hydrogen-bond donors (Lipinski definition) is 4. The third-order valence-electron chi connectivity index (χ3n) is 3.52. The average Bonchev–Trinajstić information content (AvgIpc) is 2.57. The van der Waals surface area contributed by atoms with E-state index in [0.717, 1.165) is 11.1 Å². The monoisotopic (exact) mass is 347 g/mol. The predicted octanol–water partition coefficient (Wildman–Crippen LogP) is 0.941. The van der Waals surface area contributed by atoms with Gasteiger partial charge < -0.3 is 10.6 Å². The van der Waals surface area contributed by atoms with Crippen molar-refractivity contribution in [2.75, 3.05) is 11.9 Å². The fraction of sp³-hybridized carbons (Fsp3) is 0.176. The quantitative estimate of drug-likeness (QED) is 0.355. The Morgan fingerprint density at radius 2 is 1.92 bits per heavy atom. The van der Waals surface area contributed by atoms with Gasteiger partial charge in [-0.2, -0.15) is 0 Å². The number of quaternary nitrogens is 1. The molecule has 0 aliphatic rings. The first-order valence-corrected chi connectivity index (χ1v) is 7.84. The highest BCUT2D eigenvalue weighted by molar-refractivity contribution is 6.30. The molecule has 0 saturated heterocycles. The molecule has 0 saturated carbocycles. The van der Waals surface area contributed by atoms with Gasteiger partial charge in [0.25, 0.3) is 5.91 Å². The number of carbonyl (C=O) groups is 2. The number of carbonyl (C=O) groups excluding carboxylic acids is 2. The van der Waals surface area contributed by atoms with Gasteiger partial charge in [-0.1, -0.05) is 41.9 Å². The molecule has 2 amide bonds. The number of rotatable bonds is 6. The van der Waals surface area contributed by atoms with E-state index in [1.807, 2.05) is 35.6 Å². The summed E-state index contributed by atoms with van der Waals surface area (Å²) in [5.41, 5.74) is 4.57. The molecule has 0 unspecified atom stereocenters. The maximum Gasteiger partial charge on any atom is 0.288 e. The van der Waals surface area contributed by atoms with Gasteiger partial charge in [0.1, 0.15) is 6.04 Å². The number of halogens is 1. The van der Waals surface area contributed by atoms with E-state index >= 15 is 0 Å². The molecule has 126 valence electrons. The Morgan fingerprint density at radius 1 is 1.21 bits per heavy atom. The standard InChI is InChI=1S/C17H19ClN4O2/c1-11(23)21-15-8-7-13(18)9-14(15)17(20-10-16(24)22-19)12-5-3-2-4-6-12/h2-9,17,20H,10,19H2,1H3,(H,21,23)(H,22,24)/p+1/t17-/m1/s1. The van der Waals surface area contributed by atoms with E-state index in [-0.39, 0.29) is 24.4 Å². The summed E-state index contributed by atoms with van der Waals surface area (Å²) in [6.07, 6.45) is 0. The minimum atomic E-state index is -0.293. The second-order valence-electron chi connectivity index (χ2n) is 5.31. The zero-order valence-electron chi connectivity index (χ0n) is 13.3. The van der Waals surface area contributed by atoms with Gasteiger partial charge in [0, 0.05) is 23.1 Å². The van der Waals surface area contributed by atoms with Crippen LogP contribution in [-0.4, -0.2) is 18.4 Å². The van der Waals surface area contributed by atoms with Crippen molar-refractivity contribution >= 4 is 29.1 Å². The summed E-state index contributed by atoms with van der Waals surface area (Å²) in [6.45, 7) is 1.59. The number of benzene rings is 2. The van der Waals surface area contributed by atoms with Crippen LogP contribution in [0.25, 0.3) is 0 Å². The molecule has 0 aliphatic carbocycles. The van der Waals surface area contributed by atoms with Gasteiger partial charge in [-0.05, 0) is 18.2 Å². The molecule has 0 heterocycles. The first kappa shape index (κ1) is 17.9. The molecule has 2 rings (SSSR count). The summed E-state index contributed by atoms with van der Waals surface area (Å²) >= 11 is 6.15. The first-order valence-electron chi connectivity index (χ1n) is 7.46. The zero-order chi connectivity index (χ0) is 17.5. The van der Waals surface area contributed by atoms with Gasteiger partial charge in [0.2, 0.25) is 5.91 Å². The molecular formula is C17H20ClN4O2+. The van der Waals surface area contributed by atoms with Crippen LogP contribution in [0, 0.1) is 0 Å². The maximum absolute atomic E-state index is 11.5. The lowest BCUT2D eigenvalue weighted by Gasteiger charge is -2.20. The van der Waals surface area contributed by atoms with E-state index in [4.69, 9.17) is 17.4 Å². The van der Waals surface area contributed by atoms with Crippen LogP contribution >= 0.6 is 11.6 Å². The zero-order valence-corrected chi connectivity index (χ0v) is 14.0. The Balaban J connectivity index is 2.44. The minimum absolute atomic E-state index is 0.141. The fourth-order valence-corrected chi connectivity index (χ4v) is 2.66. The van der Waals surface area contributed by atoms with Crippen molar-refractivity contribution in [2.45, 2.75) is 13.0 Å². The Kier molecular flexibility index (Phi) is 6.31. The molecule has 24 heavy (non-hydrogen) atoms. The maximum atomic E-state index is 11.5. The van der Waals surface area contributed by atoms with Crippen molar-refractivity contribution in [1.29, 1.82) is 0 Å². The lowest BCUT2D eigenvalue weighted by molar-refractivity contribution is -0.676. The van der Waals surface area contributed by atoms with Crippen LogP contribution < -0.4 is 21.9 Å². The third-order valence-corrected chi connectivity index (χ3v) is 3.75. The van der Waals surface area contributed by atoms with Crippen LogP contribution in [0.1, 0.15) is 24.1 Å². The lowest BCUT2D eigenvalue weighted by Crippen LogP contribution is -2.88. The van der Waals surface area contributed by atoms with Gasteiger partial charge in [-0.15, -0.1) is 0 Å². The minimum Gasteiger partial charge on any atom is -0.328 e. The number of amides is 2. The second-order valence-corrected chi connectivity index (χ2v) is 5.74. The van der Waals surface area contributed by atoms with Crippen molar-refractivity contribution in [3.05, 3.63) is 64.7 Å². The molecule has 0 bridgehead atoms. The molecule has 0 radical (unpaired) electrons. The van der Waals surface area contributed by atoms with Crippen molar-refractivity contribution in [1.82, 2.24) is 5.43 Å². The van der Waals surface area contributed by atoms with Crippen molar-refractivity contribution < 1.29 is 14.9 Å². The van der Waals surface area contributed by atoms with Gasteiger partial charge in [-0.25, -0.2) is 5.84 Å². The lowest BCUT2D eigenvalue weighted by atomic mass is 9.97. The molecule has 7 heteroatoms. The Morgan fingerprint density at radius 3 is 2.54 bits per heavy atom. The molecule has 0 spiro atoms. The molecule has 6 nitrogen and oxygen atoms in total. The molecule has 1 atom stereocenters. The normalized spacial score (nSPS) is 11.6. The number of nitrogens with two attached hydrogens (primary N) is 2. The van der Waals surface area contributed by atoms with Crippen LogP contribution in [0.5, 0.6) is 0 Å². The predicted molar refractivity (Wildman–Crippen MR) is 93.2 cm³/mol.